The van der Waals surface area contributed by atoms with Gasteiger partial charge in [-0.2, -0.15) is 19.6 Å². The van der Waals surface area contributed by atoms with Crippen molar-refractivity contribution in [1.82, 2.24) is 0 Å². The summed E-state index contributed by atoms with van der Waals surface area (Å²) in [5.74, 6) is 0.861. The first-order chi connectivity index (χ1) is 20.0. The van der Waals surface area contributed by atoms with Gasteiger partial charge in [0.1, 0.15) is 6.10 Å². The van der Waals surface area contributed by atoms with Crippen molar-refractivity contribution in [2.24, 2.45) is 52.3 Å². The normalized spacial score (nSPS) is 49.0. The summed E-state index contributed by atoms with van der Waals surface area (Å²) in [5, 5.41) is 0. The lowest BCUT2D eigenvalue weighted by atomic mass is 9.43. The maximum Gasteiger partial charge on any atom is 0.305 e. The van der Waals surface area contributed by atoms with Gasteiger partial charge in [0.25, 0.3) is 0 Å². The average molecular weight is 591 g/mol. The van der Waals surface area contributed by atoms with E-state index in [1.165, 1.54) is 32.8 Å². The number of methoxy groups -OCH3 is 1. The molecule has 10 atom stereocenters. The molecule has 0 amide bonds. The van der Waals surface area contributed by atoms with Gasteiger partial charge in [-0.15, -0.1) is 0 Å². The number of hydrogen-bond donors (Lipinski definition) is 0. The van der Waals surface area contributed by atoms with E-state index < -0.39 is 11.6 Å². The third-order valence-electron chi connectivity index (χ3n) is 13.6. The van der Waals surface area contributed by atoms with E-state index in [0.717, 1.165) is 51.4 Å². The van der Waals surface area contributed by atoms with Crippen LogP contribution in [-0.4, -0.2) is 36.7 Å². The van der Waals surface area contributed by atoms with Gasteiger partial charge in [-0.25, -0.2) is 0 Å². The highest BCUT2D eigenvalue weighted by Gasteiger charge is 2.66. The molecule has 2 spiro atoms. The van der Waals surface area contributed by atoms with Crippen molar-refractivity contribution in [2.45, 2.75) is 142 Å². The summed E-state index contributed by atoms with van der Waals surface area (Å²) in [5.41, 5.74) is 0.304. The van der Waals surface area contributed by atoms with Gasteiger partial charge in [-0.1, -0.05) is 34.1 Å². The Morgan fingerprint density at radius 1 is 0.905 bits per heavy atom. The van der Waals surface area contributed by atoms with Gasteiger partial charge in [-0.05, 0) is 98.2 Å². The second kappa shape index (κ2) is 11.3. The molecule has 0 bridgehead atoms. The van der Waals surface area contributed by atoms with Crippen LogP contribution < -0.4 is 0 Å². The predicted octanol–water partition coefficient (Wildman–Crippen LogP) is 7.29. The minimum Gasteiger partial charge on any atom is -0.469 e. The third kappa shape index (κ3) is 5.04. The maximum atomic E-state index is 12.5. The summed E-state index contributed by atoms with van der Waals surface area (Å²) in [6.45, 7) is 11.0. The highest BCUT2D eigenvalue weighted by molar-refractivity contribution is 5.69. The van der Waals surface area contributed by atoms with Crippen LogP contribution >= 0.6 is 0 Å². The van der Waals surface area contributed by atoms with Gasteiger partial charge in [0.15, 0.2) is 0 Å². The van der Waals surface area contributed by atoms with E-state index in [0.29, 0.717) is 42.4 Å². The molecule has 5 aliphatic carbocycles. The smallest absolute Gasteiger partial charge is 0.305 e. The van der Waals surface area contributed by atoms with E-state index in [4.69, 9.17) is 29.0 Å². The van der Waals surface area contributed by atoms with Gasteiger partial charge in [0, 0.05) is 44.4 Å². The molecular weight excluding hydrogens is 536 g/mol. The largest absolute Gasteiger partial charge is 0.469 e. The van der Waals surface area contributed by atoms with Gasteiger partial charge in [0.2, 0.25) is 11.6 Å². The van der Waals surface area contributed by atoms with Crippen molar-refractivity contribution in [3.63, 3.8) is 0 Å². The summed E-state index contributed by atoms with van der Waals surface area (Å²) < 4.78 is 11.2. The lowest BCUT2D eigenvalue weighted by Gasteiger charge is -2.64. The van der Waals surface area contributed by atoms with Crippen LogP contribution in [-0.2, 0) is 38.6 Å². The first-order valence-corrected chi connectivity index (χ1v) is 16.9. The molecule has 8 heteroatoms. The van der Waals surface area contributed by atoms with Crippen LogP contribution in [0.2, 0.25) is 0 Å². The van der Waals surface area contributed by atoms with E-state index in [2.05, 4.69) is 27.7 Å². The van der Waals surface area contributed by atoms with Crippen LogP contribution in [0.15, 0.2) is 0 Å². The molecule has 0 N–H and O–H groups in total. The number of hydrogen-bond acceptors (Lipinski definition) is 8. The Hall–Kier alpha value is -1.22. The Morgan fingerprint density at radius 2 is 1.64 bits per heavy atom. The predicted molar refractivity (Wildman–Crippen MR) is 154 cm³/mol. The van der Waals surface area contributed by atoms with Crippen molar-refractivity contribution < 1.29 is 38.6 Å². The SMILES string of the molecule is COC(=O)CC[C@@H](C)[C@H]1CC[C@H]2[C@@H]3[C@H](OC(C)=O)C[C@@H]4CC5(CC[C@]4(C)[C@H]3CC[C@]12C)OOC1(CCCCC1C)OO5. The molecule has 0 aromatic heterocycles. The lowest BCUT2D eigenvalue weighted by Crippen LogP contribution is -2.63. The van der Waals surface area contributed by atoms with E-state index in [1.807, 2.05) is 0 Å². The Bertz CT molecular complexity index is 1020. The first kappa shape index (κ1) is 30.8. The molecule has 0 aromatic rings. The standard InChI is InChI=1S/C34H54O8/c1-21(10-13-29(36)37-6)25-11-12-26-30-27(14-16-32(25,26)5)31(4)17-18-33(20-24(31)19-28(30)38-23(3)35)39-41-34(42-40-33)15-8-7-9-22(34)2/h21-22,24-28,30H,7-20H2,1-6H3/t21-,22?,24-,25-,26+,27+,28-,30+,31+,32-,33?,34?/m1/s1. The number of ether oxygens (including phenoxy) is 2. The molecule has 238 valence electrons. The van der Waals surface area contributed by atoms with E-state index >= 15 is 0 Å². The van der Waals surface area contributed by atoms with Gasteiger partial charge in [0.05, 0.1) is 7.11 Å². The van der Waals surface area contributed by atoms with Crippen LogP contribution in [0.4, 0.5) is 0 Å². The monoisotopic (exact) mass is 590 g/mol. The highest BCUT2D eigenvalue weighted by Crippen LogP contribution is 2.69. The van der Waals surface area contributed by atoms with Crippen molar-refractivity contribution in [3.8, 4) is 0 Å². The Morgan fingerprint density at radius 3 is 2.33 bits per heavy atom. The summed E-state index contributed by atoms with van der Waals surface area (Å²) in [6, 6.07) is 0. The Balaban J connectivity index is 1.20. The van der Waals surface area contributed by atoms with Crippen molar-refractivity contribution in [1.29, 1.82) is 0 Å². The summed E-state index contributed by atoms with van der Waals surface area (Å²) in [4.78, 5) is 49.0. The zero-order chi connectivity index (χ0) is 29.9. The number of carbonyl (C=O) groups excluding carboxylic acids is 2. The van der Waals surface area contributed by atoms with E-state index in [-0.39, 0.29) is 40.7 Å². The molecule has 5 saturated carbocycles. The van der Waals surface area contributed by atoms with Crippen LogP contribution in [0.25, 0.3) is 0 Å². The Kier molecular flexibility index (Phi) is 8.28. The molecule has 1 heterocycles. The van der Waals surface area contributed by atoms with Gasteiger partial charge < -0.3 is 9.47 Å². The van der Waals surface area contributed by atoms with Gasteiger partial charge >= 0.3 is 11.9 Å². The fraction of sp³-hybridized carbons (Fsp3) is 0.941. The molecule has 1 aliphatic heterocycles. The second-order valence-electron chi connectivity index (χ2n) is 15.6. The zero-order valence-corrected chi connectivity index (χ0v) is 26.8. The summed E-state index contributed by atoms with van der Waals surface area (Å²) >= 11 is 0. The summed E-state index contributed by atoms with van der Waals surface area (Å²) in [7, 11) is 1.47. The van der Waals surface area contributed by atoms with Crippen LogP contribution in [0.3, 0.4) is 0 Å². The topological polar surface area (TPSA) is 89.5 Å². The average Bonchev–Trinajstić information content (AvgIpc) is 3.32. The molecule has 8 nitrogen and oxygen atoms in total. The quantitative estimate of drug-likeness (QED) is 0.244. The third-order valence-corrected chi connectivity index (χ3v) is 13.6. The number of rotatable bonds is 5. The number of fused-ring (bicyclic) bond motifs is 5. The second-order valence-corrected chi connectivity index (χ2v) is 15.6. The molecule has 1 unspecified atom stereocenters. The molecule has 42 heavy (non-hydrogen) atoms. The first-order valence-electron chi connectivity index (χ1n) is 16.9. The molecule has 0 radical (unpaired) electrons. The fourth-order valence-corrected chi connectivity index (χ4v) is 11.1. The molecule has 1 saturated heterocycles. The molecule has 6 fully saturated rings. The van der Waals surface area contributed by atoms with Crippen molar-refractivity contribution >= 4 is 11.9 Å². The molecule has 6 aliphatic rings. The number of carbonyl (C=O) groups is 2. The molecular formula is C34H54O8. The molecule has 6 rings (SSSR count). The zero-order valence-electron chi connectivity index (χ0n) is 26.8. The molecule has 0 aromatic carbocycles. The van der Waals surface area contributed by atoms with Crippen molar-refractivity contribution in [2.75, 3.05) is 7.11 Å². The highest BCUT2D eigenvalue weighted by atomic mass is 17.4. The maximum absolute atomic E-state index is 12.5. The minimum atomic E-state index is -0.906. The van der Waals surface area contributed by atoms with E-state index in [9.17, 15) is 9.59 Å². The van der Waals surface area contributed by atoms with E-state index in [1.54, 1.807) is 6.92 Å². The van der Waals surface area contributed by atoms with Crippen LogP contribution in [0, 0.1) is 52.3 Å². The minimum absolute atomic E-state index is 0.107. The fourth-order valence-electron chi connectivity index (χ4n) is 11.1. The van der Waals surface area contributed by atoms with Crippen LogP contribution in [0.1, 0.15) is 125 Å². The van der Waals surface area contributed by atoms with Gasteiger partial charge in [-0.3, -0.25) is 9.59 Å². The van der Waals surface area contributed by atoms with Crippen LogP contribution in [0.5, 0.6) is 0 Å². The number of esters is 2. The van der Waals surface area contributed by atoms with Crippen molar-refractivity contribution in [3.05, 3.63) is 0 Å². The summed E-state index contributed by atoms with van der Waals surface area (Å²) in [6.07, 6.45) is 13.2. The lowest BCUT2D eigenvalue weighted by molar-refractivity contribution is -0.671. The Labute approximate surface area is 252 Å².